The number of phenolic OH excluding ortho intramolecular Hbond substituents is 1. The Morgan fingerprint density at radius 3 is 2.29 bits per heavy atom. The Morgan fingerprint density at radius 2 is 1.57 bits per heavy atom. The number of likely N-dealkylation sites (tertiary alicyclic amines) is 1. The summed E-state index contributed by atoms with van der Waals surface area (Å²) in [4.78, 5) is 30.6. The first-order chi connectivity index (χ1) is 23.8. The smallest absolute Gasteiger partial charge is 0.263 e. The lowest BCUT2D eigenvalue weighted by Crippen LogP contribution is -2.44. The fraction of sp³-hybridized carbons (Fsp3) is 0.400. The first-order valence-electron chi connectivity index (χ1n) is 17.9. The molecule has 1 aliphatic carbocycles. The second kappa shape index (κ2) is 14.0. The highest BCUT2D eigenvalue weighted by atomic mass is 16.3. The van der Waals surface area contributed by atoms with Crippen LogP contribution in [0.2, 0.25) is 0 Å². The van der Waals surface area contributed by atoms with Gasteiger partial charge in [0.2, 0.25) is 0 Å². The molecule has 0 bridgehead atoms. The van der Waals surface area contributed by atoms with Crippen LogP contribution in [0.3, 0.4) is 0 Å². The van der Waals surface area contributed by atoms with Crippen LogP contribution in [0, 0.1) is 0 Å². The number of piperidine rings is 1. The van der Waals surface area contributed by atoms with Gasteiger partial charge in [-0.2, -0.15) is 0 Å². The minimum absolute atomic E-state index is 0.0983. The average Bonchev–Trinajstić information content (AvgIpc) is 3.39. The topological polar surface area (TPSA) is 125 Å². The van der Waals surface area contributed by atoms with E-state index in [0.29, 0.717) is 46.2 Å². The molecule has 1 saturated heterocycles. The molecule has 254 valence electrons. The van der Waals surface area contributed by atoms with Crippen molar-refractivity contribution in [2.75, 3.05) is 24.1 Å². The Hall–Kier alpha value is -4.76. The Labute approximate surface area is 288 Å². The first kappa shape index (κ1) is 32.8. The molecule has 3 heterocycles. The van der Waals surface area contributed by atoms with Gasteiger partial charge in [-0.25, -0.2) is 0 Å². The predicted octanol–water partition coefficient (Wildman–Crippen LogP) is 7.49. The lowest BCUT2D eigenvalue weighted by atomic mass is 9.85. The quantitative estimate of drug-likeness (QED) is 0.158. The second-order valence-corrected chi connectivity index (χ2v) is 14.0. The van der Waals surface area contributed by atoms with Crippen molar-refractivity contribution in [3.05, 3.63) is 89.5 Å². The van der Waals surface area contributed by atoms with Gasteiger partial charge in [-0.3, -0.25) is 14.5 Å². The molecule has 2 aliphatic heterocycles. The fourth-order valence-electron chi connectivity index (χ4n) is 8.16. The van der Waals surface area contributed by atoms with E-state index in [9.17, 15) is 14.7 Å². The van der Waals surface area contributed by atoms with Gasteiger partial charge in [-0.1, -0.05) is 55.8 Å². The number of benzene rings is 3. The average molecular weight is 659 g/mol. The largest absolute Gasteiger partial charge is 0.507 e. The number of aromatic hydroxyl groups is 1. The van der Waals surface area contributed by atoms with Crippen molar-refractivity contribution in [1.29, 1.82) is 0 Å². The lowest BCUT2D eigenvalue weighted by Gasteiger charge is -2.41. The van der Waals surface area contributed by atoms with Crippen LogP contribution in [0.4, 0.5) is 11.5 Å². The molecule has 0 spiro atoms. The monoisotopic (exact) mass is 658 g/mol. The number of rotatable bonds is 9. The number of nitrogens with one attached hydrogen (secondary N) is 1. The minimum Gasteiger partial charge on any atom is -0.507 e. The maximum atomic E-state index is 13.4. The van der Waals surface area contributed by atoms with Crippen LogP contribution >= 0.6 is 0 Å². The van der Waals surface area contributed by atoms with E-state index in [1.54, 1.807) is 18.2 Å². The van der Waals surface area contributed by atoms with Crippen molar-refractivity contribution in [3.63, 3.8) is 0 Å². The molecule has 0 radical (unpaired) electrons. The normalized spacial score (nSPS) is 20.7. The molecule has 2 fully saturated rings. The maximum Gasteiger partial charge on any atom is 0.263 e. The summed E-state index contributed by atoms with van der Waals surface area (Å²) in [6, 6.07) is 24.1. The van der Waals surface area contributed by atoms with Gasteiger partial charge in [-0.15, -0.1) is 10.2 Å². The SMILES string of the molecule is CCCC(C)N1C(=O)c2cccc(NC3CCC(N4CCC(c5ccc(-c6cc(-c7ccccc7O)nnc6N)cc5)CC4)CC3)c2C1=O. The van der Waals surface area contributed by atoms with Crippen LogP contribution in [0.25, 0.3) is 22.4 Å². The highest BCUT2D eigenvalue weighted by molar-refractivity contribution is 6.24. The molecule has 9 nitrogen and oxygen atoms in total. The summed E-state index contributed by atoms with van der Waals surface area (Å²) >= 11 is 0. The Kier molecular flexibility index (Phi) is 9.36. The van der Waals surface area contributed by atoms with Crippen LogP contribution in [-0.2, 0) is 0 Å². The van der Waals surface area contributed by atoms with E-state index in [2.05, 4.69) is 51.6 Å². The van der Waals surface area contributed by atoms with Crippen molar-refractivity contribution in [1.82, 2.24) is 20.0 Å². The third-order valence-corrected chi connectivity index (χ3v) is 10.9. The number of hydrogen-bond acceptors (Lipinski definition) is 8. The van der Waals surface area contributed by atoms with Gasteiger partial charge < -0.3 is 21.1 Å². The van der Waals surface area contributed by atoms with Gasteiger partial charge in [0.15, 0.2) is 5.82 Å². The highest BCUT2D eigenvalue weighted by Gasteiger charge is 2.40. The first-order valence-corrected chi connectivity index (χ1v) is 17.9. The Morgan fingerprint density at radius 1 is 0.857 bits per heavy atom. The number of amides is 2. The molecule has 2 amide bonds. The van der Waals surface area contributed by atoms with Gasteiger partial charge in [0.05, 0.1) is 16.8 Å². The van der Waals surface area contributed by atoms with Gasteiger partial charge in [0.1, 0.15) is 5.75 Å². The molecule has 1 atom stereocenters. The molecule has 4 aromatic rings. The van der Waals surface area contributed by atoms with E-state index in [1.807, 2.05) is 37.3 Å². The molecule has 1 unspecified atom stereocenters. The van der Waals surface area contributed by atoms with Gasteiger partial charge in [0, 0.05) is 34.9 Å². The maximum absolute atomic E-state index is 13.4. The van der Waals surface area contributed by atoms with Crippen molar-refractivity contribution in [3.8, 4) is 28.1 Å². The van der Waals surface area contributed by atoms with E-state index in [-0.39, 0.29) is 23.6 Å². The van der Waals surface area contributed by atoms with E-state index >= 15 is 0 Å². The summed E-state index contributed by atoms with van der Waals surface area (Å²) in [5.41, 5.74) is 12.5. The number of imide groups is 1. The lowest BCUT2D eigenvalue weighted by molar-refractivity contribution is 0.0590. The summed E-state index contributed by atoms with van der Waals surface area (Å²) in [5, 5.41) is 22.4. The van der Waals surface area contributed by atoms with Crippen LogP contribution in [0.15, 0.2) is 72.8 Å². The van der Waals surface area contributed by atoms with Crippen molar-refractivity contribution in [2.24, 2.45) is 0 Å². The number of nitrogens with two attached hydrogens (primary N) is 1. The number of aromatic nitrogens is 2. The summed E-state index contributed by atoms with van der Waals surface area (Å²) in [6.45, 7) is 6.23. The summed E-state index contributed by atoms with van der Waals surface area (Å²) in [5.74, 6) is 0.724. The molecular weight excluding hydrogens is 612 g/mol. The van der Waals surface area contributed by atoms with E-state index in [0.717, 1.165) is 81.3 Å². The summed E-state index contributed by atoms with van der Waals surface area (Å²) in [6.07, 6.45) is 8.36. The van der Waals surface area contributed by atoms with Gasteiger partial charge in [-0.05, 0) is 112 Å². The molecule has 7 rings (SSSR count). The van der Waals surface area contributed by atoms with E-state index in [4.69, 9.17) is 5.73 Å². The van der Waals surface area contributed by atoms with E-state index in [1.165, 1.54) is 10.5 Å². The molecule has 4 N–H and O–H groups in total. The molecule has 3 aromatic carbocycles. The number of fused-ring (bicyclic) bond motifs is 1. The standard InChI is InChI=1S/C40H46N6O3/c1-3-7-25(2)46-39(48)32-9-6-10-34(37(32)40(46)49)42-29-16-18-30(19-17-29)45-22-20-27(21-23-45)26-12-14-28(15-13-26)33-24-35(43-44-38(33)41)31-8-4-5-11-36(31)47/h4-6,8-15,24-25,27,29-30,42,47H,3,7,16-23H2,1-2H3,(H2,41,44). The number of anilines is 2. The number of carbonyl (C=O) groups is 2. The number of nitrogens with zero attached hydrogens (tertiary/aromatic N) is 4. The number of phenols is 1. The molecule has 1 saturated carbocycles. The van der Waals surface area contributed by atoms with E-state index < -0.39 is 0 Å². The highest BCUT2D eigenvalue weighted by Crippen LogP contribution is 2.37. The zero-order chi connectivity index (χ0) is 34.1. The minimum atomic E-state index is -0.164. The third kappa shape index (κ3) is 6.52. The Balaban J connectivity index is 0.928. The predicted molar refractivity (Wildman–Crippen MR) is 194 cm³/mol. The van der Waals surface area contributed by atoms with Gasteiger partial charge in [0.25, 0.3) is 11.8 Å². The molecule has 49 heavy (non-hydrogen) atoms. The Bertz CT molecular complexity index is 1830. The van der Waals surface area contributed by atoms with Crippen molar-refractivity contribution >= 4 is 23.3 Å². The summed E-state index contributed by atoms with van der Waals surface area (Å²) < 4.78 is 0. The molecule has 3 aliphatic rings. The molecular formula is C40H46N6O3. The number of carbonyl (C=O) groups excluding carboxylic acids is 2. The molecule has 9 heteroatoms. The van der Waals surface area contributed by atoms with Crippen molar-refractivity contribution in [2.45, 2.75) is 89.3 Å². The van der Waals surface area contributed by atoms with Crippen LogP contribution in [0.5, 0.6) is 5.75 Å². The zero-order valence-electron chi connectivity index (χ0n) is 28.4. The zero-order valence-corrected chi connectivity index (χ0v) is 28.4. The second-order valence-electron chi connectivity index (χ2n) is 14.0. The third-order valence-electron chi connectivity index (χ3n) is 10.9. The fourth-order valence-corrected chi connectivity index (χ4v) is 8.16. The van der Waals surface area contributed by atoms with Gasteiger partial charge >= 0.3 is 0 Å². The van der Waals surface area contributed by atoms with Crippen LogP contribution in [0.1, 0.15) is 97.4 Å². The van der Waals surface area contributed by atoms with Crippen LogP contribution < -0.4 is 11.1 Å². The number of nitrogen functional groups attached to an aromatic ring is 1. The van der Waals surface area contributed by atoms with Crippen LogP contribution in [-0.4, -0.2) is 68.1 Å². The molecule has 1 aromatic heterocycles. The number of para-hydroxylation sites is 1. The number of hydrogen-bond donors (Lipinski definition) is 3. The summed E-state index contributed by atoms with van der Waals surface area (Å²) in [7, 11) is 0. The van der Waals surface area contributed by atoms with Crippen molar-refractivity contribution < 1.29 is 14.7 Å².